The summed E-state index contributed by atoms with van der Waals surface area (Å²) in [6, 6.07) is 0. The van der Waals surface area contributed by atoms with Crippen LogP contribution in [0.25, 0.3) is 0 Å². The quantitative estimate of drug-likeness (QED) is 0.777. The van der Waals surface area contributed by atoms with Gasteiger partial charge in [0.15, 0.2) is 0 Å². The van der Waals surface area contributed by atoms with Crippen LogP contribution in [0.5, 0.6) is 0 Å². The molecule has 0 aliphatic carbocycles. The van der Waals surface area contributed by atoms with Gasteiger partial charge in [0.1, 0.15) is 0 Å². The number of ether oxygens (including phenoxy) is 1. The molecule has 1 fully saturated rings. The van der Waals surface area contributed by atoms with Crippen LogP contribution < -0.4 is 0 Å². The molecular formula is C14H29NO2. The molecule has 3 nitrogen and oxygen atoms in total. The Labute approximate surface area is 106 Å². The normalized spacial score (nSPS) is 23.6. The molecule has 2 unspecified atom stereocenters. The maximum Gasteiger partial charge on any atom is 0.0750 e. The number of nitrogens with zero attached hydrogens (tertiary/aromatic N) is 1. The fraction of sp³-hybridized carbons (Fsp3) is 1.00. The standard InChI is InChI=1S/C14H29NO2/c1-5-14(4,15(6-2)7-3)13(16)12-8-10-17-11-9-12/h12-13,16H,5-11H2,1-4H3. The highest BCUT2D eigenvalue weighted by Crippen LogP contribution is 2.32. The Hall–Kier alpha value is -0.120. The summed E-state index contributed by atoms with van der Waals surface area (Å²) >= 11 is 0. The van der Waals surface area contributed by atoms with Crippen molar-refractivity contribution in [1.29, 1.82) is 0 Å². The zero-order valence-electron chi connectivity index (χ0n) is 11.9. The van der Waals surface area contributed by atoms with Gasteiger partial charge in [-0.3, -0.25) is 4.90 Å². The van der Waals surface area contributed by atoms with Crippen molar-refractivity contribution in [2.45, 2.75) is 58.6 Å². The molecule has 1 rings (SSSR count). The summed E-state index contributed by atoms with van der Waals surface area (Å²) in [5.74, 6) is 0.397. The SMILES string of the molecule is CCN(CC)C(C)(CC)C(O)C1CCOCC1. The molecule has 1 aliphatic heterocycles. The summed E-state index contributed by atoms with van der Waals surface area (Å²) in [7, 11) is 0. The van der Waals surface area contributed by atoms with Crippen molar-refractivity contribution in [3.05, 3.63) is 0 Å². The Bertz CT molecular complexity index is 212. The third-order valence-corrected chi connectivity index (χ3v) is 4.55. The minimum atomic E-state index is -0.240. The Morgan fingerprint density at radius 3 is 2.18 bits per heavy atom. The van der Waals surface area contributed by atoms with Crippen LogP contribution in [0, 0.1) is 5.92 Å². The molecule has 1 saturated heterocycles. The van der Waals surface area contributed by atoms with Crippen molar-refractivity contribution >= 4 is 0 Å². The molecule has 0 aromatic carbocycles. The molecule has 1 N–H and O–H groups in total. The van der Waals surface area contributed by atoms with Gasteiger partial charge in [0.25, 0.3) is 0 Å². The molecule has 0 aromatic rings. The lowest BCUT2D eigenvalue weighted by atomic mass is 9.78. The lowest BCUT2D eigenvalue weighted by Gasteiger charge is -2.46. The van der Waals surface area contributed by atoms with E-state index in [0.29, 0.717) is 5.92 Å². The van der Waals surface area contributed by atoms with Gasteiger partial charge >= 0.3 is 0 Å². The van der Waals surface area contributed by atoms with E-state index in [2.05, 4.69) is 32.6 Å². The van der Waals surface area contributed by atoms with Crippen molar-refractivity contribution in [1.82, 2.24) is 4.90 Å². The van der Waals surface area contributed by atoms with Crippen molar-refractivity contribution in [2.75, 3.05) is 26.3 Å². The highest BCUT2D eigenvalue weighted by atomic mass is 16.5. The number of hydrogen-bond acceptors (Lipinski definition) is 3. The number of likely N-dealkylation sites (N-methyl/N-ethyl adjacent to an activating group) is 1. The van der Waals surface area contributed by atoms with Crippen LogP contribution in [0.3, 0.4) is 0 Å². The predicted molar refractivity (Wildman–Crippen MR) is 71.2 cm³/mol. The van der Waals surface area contributed by atoms with Crippen LogP contribution in [0.2, 0.25) is 0 Å². The summed E-state index contributed by atoms with van der Waals surface area (Å²) in [6.07, 6.45) is 2.75. The van der Waals surface area contributed by atoms with E-state index in [9.17, 15) is 5.11 Å². The Balaban J connectivity index is 2.75. The molecule has 1 heterocycles. The molecular weight excluding hydrogens is 214 g/mol. The second-order valence-electron chi connectivity index (χ2n) is 5.28. The first-order valence-electron chi connectivity index (χ1n) is 7.10. The topological polar surface area (TPSA) is 32.7 Å². The molecule has 102 valence electrons. The van der Waals surface area contributed by atoms with Gasteiger partial charge in [-0.15, -0.1) is 0 Å². The van der Waals surface area contributed by atoms with E-state index in [1.165, 1.54) is 0 Å². The van der Waals surface area contributed by atoms with Crippen LogP contribution >= 0.6 is 0 Å². The van der Waals surface area contributed by atoms with E-state index in [1.54, 1.807) is 0 Å². The average molecular weight is 243 g/mol. The van der Waals surface area contributed by atoms with E-state index < -0.39 is 0 Å². The first-order valence-corrected chi connectivity index (χ1v) is 7.10. The van der Waals surface area contributed by atoms with Crippen molar-refractivity contribution in [3.63, 3.8) is 0 Å². The second-order valence-corrected chi connectivity index (χ2v) is 5.28. The summed E-state index contributed by atoms with van der Waals surface area (Å²) in [5.41, 5.74) is -0.0918. The van der Waals surface area contributed by atoms with Gasteiger partial charge in [-0.1, -0.05) is 20.8 Å². The molecule has 0 radical (unpaired) electrons. The number of aliphatic hydroxyl groups is 1. The molecule has 2 atom stereocenters. The molecule has 3 heteroatoms. The second kappa shape index (κ2) is 6.72. The van der Waals surface area contributed by atoms with Gasteiger partial charge in [0.2, 0.25) is 0 Å². The van der Waals surface area contributed by atoms with Crippen molar-refractivity contribution in [3.8, 4) is 0 Å². The van der Waals surface area contributed by atoms with Crippen LogP contribution in [0.15, 0.2) is 0 Å². The maximum atomic E-state index is 10.7. The molecule has 0 amide bonds. The molecule has 0 saturated carbocycles. The Kier molecular flexibility index (Phi) is 5.90. The van der Waals surface area contributed by atoms with E-state index in [0.717, 1.165) is 45.6 Å². The first-order chi connectivity index (χ1) is 8.10. The molecule has 0 bridgehead atoms. The summed E-state index contributed by atoms with van der Waals surface area (Å²) in [4.78, 5) is 2.40. The molecule has 0 aromatic heterocycles. The third kappa shape index (κ3) is 3.21. The predicted octanol–water partition coefficient (Wildman–Crippen LogP) is 2.28. The number of aliphatic hydroxyl groups excluding tert-OH is 1. The van der Waals surface area contributed by atoms with Crippen molar-refractivity contribution < 1.29 is 9.84 Å². The van der Waals surface area contributed by atoms with Crippen LogP contribution in [-0.2, 0) is 4.74 Å². The van der Waals surface area contributed by atoms with Gasteiger partial charge in [0, 0.05) is 18.8 Å². The monoisotopic (exact) mass is 243 g/mol. The summed E-state index contributed by atoms with van der Waals surface area (Å²) in [5, 5.41) is 10.7. The lowest BCUT2D eigenvalue weighted by molar-refractivity contribution is -0.0775. The molecule has 0 spiro atoms. The minimum Gasteiger partial charge on any atom is -0.391 e. The Morgan fingerprint density at radius 2 is 1.76 bits per heavy atom. The highest BCUT2D eigenvalue weighted by molar-refractivity contribution is 4.95. The fourth-order valence-electron chi connectivity index (χ4n) is 3.11. The van der Waals surface area contributed by atoms with Gasteiger partial charge in [-0.2, -0.15) is 0 Å². The van der Waals surface area contributed by atoms with Crippen LogP contribution in [0.1, 0.15) is 47.0 Å². The van der Waals surface area contributed by atoms with Gasteiger partial charge < -0.3 is 9.84 Å². The zero-order chi connectivity index (χ0) is 12.9. The number of rotatable bonds is 6. The van der Waals surface area contributed by atoms with Crippen LogP contribution in [0.4, 0.5) is 0 Å². The maximum absolute atomic E-state index is 10.7. The molecule has 17 heavy (non-hydrogen) atoms. The van der Waals surface area contributed by atoms with Gasteiger partial charge in [-0.25, -0.2) is 0 Å². The largest absolute Gasteiger partial charge is 0.391 e. The van der Waals surface area contributed by atoms with Gasteiger partial charge in [0.05, 0.1) is 6.10 Å². The molecule has 1 aliphatic rings. The summed E-state index contributed by atoms with van der Waals surface area (Å²) < 4.78 is 5.38. The summed E-state index contributed by atoms with van der Waals surface area (Å²) in [6.45, 7) is 12.4. The van der Waals surface area contributed by atoms with Crippen molar-refractivity contribution in [2.24, 2.45) is 5.92 Å². The van der Waals surface area contributed by atoms with Crippen LogP contribution in [-0.4, -0.2) is 48.0 Å². The van der Waals surface area contributed by atoms with E-state index in [1.807, 2.05) is 0 Å². The van der Waals surface area contributed by atoms with Gasteiger partial charge in [-0.05, 0) is 45.2 Å². The highest BCUT2D eigenvalue weighted by Gasteiger charge is 2.40. The van der Waals surface area contributed by atoms with E-state index >= 15 is 0 Å². The van der Waals surface area contributed by atoms with E-state index in [4.69, 9.17) is 4.74 Å². The third-order valence-electron chi connectivity index (χ3n) is 4.55. The Morgan fingerprint density at radius 1 is 1.24 bits per heavy atom. The first kappa shape index (κ1) is 14.9. The number of hydrogen-bond donors (Lipinski definition) is 1. The smallest absolute Gasteiger partial charge is 0.0750 e. The minimum absolute atomic E-state index is 0.0918. The zero-order valence-corrected chi connectivity index (χ0v) is 11.9. The van der Waals surface area contributed by atoms with E-state index in [-0.39, 0.29) is 11.6 Å². The lowest BCUT2D eigenvalue weighted by Crippen LogP contribution is -2.57. The fourth-order valence-corrected chi connectivity index (χ4v) is 3.11. The average Bonchev–Trinajstić information content (AvgIpc) is 2.39.